The van der Waals surface area contributed by atoms with Crippen LogP contribution in [0.15, 0.2) is 30.3 Å². The number of anilines is 1. The van der Waals surface area contributed by atoms with E-state index in [1.54, 1.807) is 23.5 Å². The highest BCUT2D eigenvalue weighted by Crippen LogP contribution is 2.33. The number of hydrogen-bond acceptors (Lipinski definition) is 5. The molecule has 26 heavy (non-hydrogen) atoms. The van der Waals surface area contributed by atoms with Crippen molar-refractivity contribution in [3.63, 3.8) is 0 Å². The lowest BCUT2D eigenvalue weighted by Gasteiger charge is -2.18. The first-order chi connectivity index (χ1) is 12.6. The monoisotopic (exact) mass is 373 g/mol. The number of carbonyl (C=O) groups excluding carboxylic acids is 2. The first-order valence-electron chi connectivity index (χ1n) is 8.87. The number of thiazole rings is 1. The van der Waals surface area contributed by atoms with Crippen LogP contribution < -0.4 is 15.4 Å². The molecule has 0 bridgehead atoms. The zero-order valence-corrected chi connectivity index (χ0v) is 15.6. The van der Waals surface area contributed by atoms with Crippen LogP contribution in [0.25, 0.3) is 0 Å². The summed E-state index contributed by atoms with van der Waals surface area (Å²) in [5.74, 6) is 0.714. The van der Waals surface area contributed by atoms with Crippen LogP contribution >= 0.6 is 11.3 Å². The lowest BCUT2D eigenvalue weighted by molar-refractivity contribution is -0.125. The van der Waals surface area contributed by atoms with E-state index in [0.717, 1.165) is 30.9 Å². The molecule has 2 amide bonds. The number of aryl methyl sites for hydroxylation is 1. The predicted octanol–water partition coefficient (Wildman–Crippen LogP) is 2.79. The Labute approximate surface area is 157 Å². The Hall–Kier alpha value is -2.41. The van der Waals surface area contributed by atoms with Gasteiger partial charge in [-0.2, -0.15) is 0 Å². The smallest absolute Gasteiger partial charge is 0.258 e. The van der Waals surface area contributed by atoms with Crippen molar-refractivity contribution in [3.8, 4) is 5.75 Å². The van der Waals surface area contributed by atoms with Crippen LogP contribution in [0.5, 0.6) is 5.75 Å². The summed E-state index contributed by atoms with van der Waals surface area (Å²) >= 11 is 1.54. The molecule has 6 nitrogen and oxygen atoms in total. The lowest BCUT2D eigenvalue weighted by Crippen LogP contribution is -2.35. The molecule has 1 aromatic carbocycles. The van der Waals surface area contributed by atoms with Gasteiger partial charge in [0.15, 0.2) is 11.7 Å². The third kappa shape index (κ3) is 5.05. The average Bonchev–Trinajstić information content (AvgIpc) is 3.06. The summed E-state index contributed by atoms with van der Waals surface area (Å²) in [5.41, 5.74) is 1.11. The van der Waals surface area contributed by atoms with Crippen molar-refractivity contribution in [1.82, 2.24) is 10.3 Å². The molecule has 138 valence electrons. The molecule has 1 unspecified atom stereocenters. The van der Waals surface area contributed by atoms with Crippen LogP contribution in [0.4, 0.5) is 5.13 Å². The number of benzene rings is 1. The van der Waals surface area contributed by atoms with E-state index in [0.29, 0.717) is 10.9 Å². The second-order valence-corrected chi connectivity index (χ2v) is 7.42. The van der Waals surface area contributed by atoms with E-state index in [4.69, 9.17) is 4.74 Å². The third-order valence-corrected chi connectivity index (χ3v) is 5.46. The molecule has 1 aromatic heterocycles. The molecule has 1 atom stereocenters. The summed E-state index contributed by atoms with van der Waals surface area (Å²) in [7, 11) is 0. The van der Waals surface area contributed by atoms with E-state index in [1.807, 2.05) is 18.2 Å². The Balaban J connectivity index is 1.41. The van der Waals surface area contributed by atoms with Gasteiger partial charge in [-0.25, -0.2) is 4.98 Å². The molecule has 3 rings (SSSR count). The van der Waals surface area contributed by atoms with Crippen molar-refractivity contribution in [3.05, 3.63) is 40.9 Å². The molecule has 0 aliphatic heterocycles. The van der Waals surface area contributed by atoms with Gasteiger partial charge in [-0.15, -0.1) is 11.3 Å². The van der Waals surface area contributed by atoms with Crippen molar-refractivity contribution in [2.75, 3.05) is 18.5 Å². The van der Waals surface area contributed by atoms with Crippen LogP contribution in [-0.4, -0.2) is 29.9 Å². The third-order valence-electron chi connectivity index (χ3n) is 4.42. The van der Waals surface area contributed by atoms with Crippen molar-refractivity contribution >= 4 is 28.3 Å². The van der Waals surface area contributed by atoms with E-state index in [9.17, 15) is 9.59 Å². The summed E-state index contributed by atoms with van der Waals surface area (Å²) in [5, 5.41) is 5.94. The van der Waals surface area contributed by atoms with Gasteiger partial charge in [0, 0.05) is 4.88 Å². The molecule has 0 spiro atoms. The van der Waals surface area contributed by atoms with Crippen LogP contribution in [0, 0.1) is 5.92 Å². The van der Waals surface area contributed by atoms with Gasteiger partial charge in [-0.3, -0.25) is 9.59 Å². The number of rotatable bonds is 7. The summed E-state index contributed by atoms with van der Waals surface area (Å²) in [6.45, 7) is 1.99. The zero-order chi connectivity index (χ0) is 18.4. The number of aromatic nitrogens is 1. The molecule has 0 saturated heterocycles. The second kappa shape index (κ2) is 8.80. The summed E-state index contributed by atoms with van der Waals surface area (Å²) in [6.07, 6.45) is 4.37. The predicted molar refractivity (Wildman–Crippen MR) is 101 cm³/mol. The molecular weight excluding hydrogens is 350 g/mol. The van der Waals surface area contributed by atoms with Crippen LogP contribution in [-0.2, 0) is 22.4 Å². The quantitative estimate of drug-likeness (QED) is 0.782. The molecule has 0 radical (unpaired) electrons. The van der Waals surface area contributed by atoms with Crippen molar-refractivity contribution in [1.29, 1.82) is 0 Å². The topological polar surface area (TPSA) is 80.3 Å². The van der Waals surface area contributed by atoms with Gasteiger partial charge in [0.05, 0.1) is 12.2 Å². The largest absolute Gasteiger partial charge is 0.484 e. The maximum Gasteiger partial charge on any atom is 0.258 e. The van der Waals surface area contributed by atoms with E-state index in [1.165, 1.54) is 11.3 Å². The number of carbonyl (C=O) groups is 2. The summed E-state index contributed by atoms with van der Waals surface area (Å²) in [4.78, 5) is 29.6. The van der Waals surface area contributed by atoms with Gasteiger partial charge < -0.3 is 15.4 Å². The molecule has 0 saturated carbocycles. The Morgan fingerprint density at radius 3 is 2.85 bits per heavy atom. The van der Waals surface area contributed by atoms with Crippen LogP contribution in [0.1, 0.15) is 30.3 Å². The number of hydrogen-bond donors (Lipinski definition) is 2. The highest BCUT2D eigenvalue weighted by Gasteiger charge is 2.22. The molecule has 1 aliphatic rings. The van der Waals surface area contributed by atoms with Crippen molar-refractivity contribution < 1.29 is 14.3 Å². The number of nitrogens with zero attached hydrogens (tertiary/aromatic N) is 1. The van der Waals surface area contributed by atoms with E-state index < -0.39 is 0 Å². The summed E-state index contributed by atoms with van der Waals surface area (Å²) in [6, 6.07) is 9.07. The first-order valence-corrected chi connectivity index (χ1v) is 9.68. The molecule has 1 heterocycles. The minimum atomic E-state index is -0.340. The van der Waals surface area contributed by atoms with Crippen LogP contribution in [0.2, 0.25) is 0 Å². The summed E-state index contributed by atoms with van der Waals surface area (Å²) < 4.78 is 5.34. The highest BCUT2D eigenvalue weighted by molar-refractivity contribution is 7.15. The minimum Gasteiger partial charge on any atom is -0.484 e. The molecule has 1 aliphatic carbocycles. The number of amides is 2. The molecule has 0 fully saturated rings. The normalized spacial score (nSPS) is 15.8. The van der Waals surface area contributed by atoms with Gasteiger partial charge in [-0.1, -0.05) is 31.5 Å². The Morgan fingerprint density at radius 1 is 1.27 bits per heavy atom. The zero-order valence-electron chi connectivity index (χ0n) is 14.8. The second-order valence-electron chi connectivity index (χ2n) is 6.33. The Bertz CT molecular complexity index is 761. The fourth-order valence-electron chi connectivity index (χ4n) is 2.90. The fraction of sp³-hybridized carbons (Fsp3) is 0.421. The van der Waals surface area contributed by atoms with Gasteiger partial charge in [0.2, 0.25) is 5.91 Å². The number of ether oxygens (including phenoxy) is 1. The first kappa shape index (κ1) is 18.4. The molecule has 7 heteroatoms. The maximum absolute atomic E-state index is 12.0. The van der Waals surface area contributed by atoms with Gasteiger partial charge in [0.1, 0.15) is 5.75 Å². The average molecular weight is 373 g/mol. The van der Waals surface area contributed by atoms with Gasteiger partial charge in [-0.05, 0) is 37.3 Å². The standard InChI is InChI=1S/C19H23N3O3S/c1-2-13-8-9-15-16(10-13)26-19(21-15)22-17(23)11-20-18(24)12-25-14-6-4-3-5-7-14/h3-7,13H,2,8-12H2,1H3,(H,20,24)(H,21,22,23). The lowest BCUT2D eigenvalue weighted by atomic mass is 9.89. The Kier molecular flexibility index (Phi) is 6.22. The molecule has 2 N–H and O–H groups in total. The van der Waals surface area contributed by atoms with Crippen LogP contribution in [0.3, 0.4) is 0 Å². The van der Waals surface area contributed by atoms with E-state index in [-0.39, 0.29) is 25.0 Å². The molecular formula is C19H23N3O3S. The number of nitrogens with one attached hydrogen (secondary N) is 2. The van der Waals surface area contributed by atoms with E-state index >= 15 is 0 Å². The van der Waals surface area contributed by atoms with Gasteiger partial charge in [0.25, 0.3) is 5.91 Å². The van der Waals surface area contributed by atoms with Gasteiger partial charge >= 0.3 is 0 Å². The number of fused-ring (bicyclic) bond motifs is 1. The highest BCUT2D eigenvalue weighted by atomic mass is 32.1. The van der Waals surface area contributed by atoms with Crippen molar-refractivity contribution in [2.45, 2.75) is 32.6 Å². The van der Waals surface area contributed by atoms with E-state index in [2.05, 4.69) is 22.5 Å². The molecule has 2 aromatic rings. The Morgan fingerprint density at radius 2 is 2.08 bits per heavy atom. The minimum absolute atomic E-state index is 0.0984. The maximum atomic E-state index is 12.0. The fourth-order valence-corrected chi connectivity index (χ4v) is 4.04. The number of para-hydroxylation sites is 1. The SMILES string of the molecule is CCC1CCc2nc(NC(=O)CNC(=O)COc3ccccc3)sc2C1. The van der Waals surface area contributed by atoms with Crippen molar-refractivity contribution in [2.24, 2.45) is 5.92 Å².